The van der Waals surface area contributed by atoms with E-state index in [1.165, 1.54) is 25.2 Å². The number of nitrogens with one attached hydrogen (secondary N) is 3. The minimum atomic E-state index is -1.48. The molecule has 2 aliphatic rings. The zero-order valence-corrected chi connectivity index (χ0v) is 25.0. The molecular weight excluding hydrogens is 566 g/mol. The van der Waals surface area contributed by atoms with Crippen LogP contribution in [0.15, 0.2) is 18.2 Å². The molecule has 3 rings (SSSR count). The highest BCUT2D eigenvalue weighted by atomic mass is 19.1. The van der Waals surface area contributed by atoms with E-state index in [0.717, 1.165) is 51.3 Å². The molecular formula is C30H42F2N4O7. The second kappa shape index (κ2) is 16.2. The van der Waals surface area contributed by atoms with Gasteiger partial charge in [-0.25, -0.2) is 23.2 Å². The van der Waals surface area contributed by atoms with E-state index in [1.807, 2.05) is 0 Å². The van der Waals surface area contributed by atoms with Crippen LogP contribution in [0.4, 0.5) is 13.6 Å². The molecule has 1 aromatic carbocycles. The second-order valence-electron chi connectivity index (χ2n) is 11.2. The van der Waals surface area contributed by atoms with Crippen molar-refractivity contribution in [3.05, 3.63) is 35.4 Å². The van der Waals surface area contributed by atoms with Gasteiger partial charge in [0.15, 0.2) is 6.04 Å². The number of hydrogen-bond donors (Lipinski definition) is 3. The first kappa shape index (κ1) is 33.7. The molecule has 1 unspecified atom stereocenters. The van der Waals surface area contributed by atoms with Crippen molar-refractivity contribution in [2.45, 2.75) is 95.9 Å². The zero-order chi connectivity index (χ0) is 31.5. The third kappa shape index (κ3) is 10.2. The summed E-state index contributed by atoms with van der Waals surface area (Å²) >= 11 is 0. The van der Waals surface area contributed by atoms with E-state index in [9.17, 15) is 32.8 Å². The Kier molecular flexibility index (Phi) is 12.7. The average Bonchev–Trinajstić information content (AvgIpc) is 3.46. The number of ether oxygens (including phenoxy) is 2. The number of halogens is 2. The number of nitrogens with zero attached hydrogens (tertiary/aromatic N) is 1. The maximum atomic E-state index is 13.9. The maximum absolute atomic E-state index is 13.9. The minimum Gasteiger partial charge on any atom is -0.467 e. The van der Waals surface area contributed by atoms with Crippen molar-refractivity contribution in [2.24, 2.45) is 5.92 Å². The largest absolute Gasteiger partial charge is 0.467 e. The van der Waals surface area contributed by atoms with Crippen molar-refractivity contribution < 1.29 is 42.2 Å². The van der Waals surface area contributed by atoms with Crippen LogP contribution in [0.1, 0.15) is 70.8 Å². The number of benzene rings is 1. The van der Waals surface area contributed by atoms with Crippen LogP contribution in [0.5, 0.6) is 0 Å². The van der Waals surface area contributed by atoms with Crippen LogP contribution in [0.3, 0.4) is 0 Å². The monoisotopic (exact) mass is 608 g/mol. The Hall–Kier alpha value is -3.77. The quantitative estimate of drug-likeness (QED) is 0.310. The first-order valence-corrected chi connectivity index (χ1v) is 14.8. The molecule has 1 aromatic rings. The molecule has 0 bridgehead atoms. The number of methoxy groups -OCH3 is 1. The van der Waals surface area contributed by atoms with Gasteiger partial charge in [0.1, 0.15) is 29.8 Å². The molecule has 3 N–H and O–H groups in total. The number of hydrogen-bond acceptors (Lipinski definition) is 7. The highest BCUT2D eigenvalue weighted by molar-refractivity contribution is 5.91. The van der Waals surface area contributed by atoms with Crippen LogP contribution < -0.4 is 16.0 Å². The molecule has 4 amide bonds. The van der Waals surface area contributed by atoms with E-state index in [1.54, 1.807) is 0 Å². The molecule has 4 atom stereocenters. The van der Waals surface area contributed by atoms with Gasteiger partial charge < -0.3 is 30.3 Å². The Bertz CT molecular complexity index is 1140. The standard InChI is InChI=1S/C30H42F2N4O7/c1-18(43-28(39)25-10-7-13-36(25)19(2)37)26(29(40)42-3)35-27(38)24(16-21-14-22(31)17-23(32)15-21)34-30(41)33-12-11-20-8-5-4-6-9-20/h14-15,17-18,20,24-26H,4-13,16H2,1-3H3,(H,35,38)(H2,33,34,41)/t18-,24+,25?,26+/m1/s1. The molecule has 1 aliphatic carbocycles. The smallest absolute Gasteiger partial charge is 0.332 e. The van der Waals surface area contributed by atoms with Gasteiger partial charge >= 0.3 is 18.0 Å². The number of urea groups is 1. The van der Waals surface area contributed by atoms with Crippen molar-refractivity contribution >= 4 is 29.8 Å². The number of amides is 4. The third-order valence-electron chi connectivity index (χ3n) is 8.00. The van der Waals surface area contributed by atoms with Gasteiger partial charge in [-0.2, -0.15) is 0 Å². The maximum Gasteiger partial charge on any atom is 0.332 e. The van der Waals surface area contributed by atoms with Gasteiger partial charge in [-0.15, -0.1) is 0 Å². The first-order valence-electron chi connectivity index (χ1n) is 14.8. The van der Waals surface area contributed by atoms with Crippen LogP contribution in [0.25, 0.3) is 0 Å². The number of esters is 2. The molecule has 13 heteroatoms. The molecule has 0 radical (unpaired) electrons. The highest BCUT2D eigenvalue weighted by Gasteiger charge is 2.38. The van der Waals surface area contributed by atoms with Gasteiger partial charge in [-0.05, 0) is 49.8 Å². The lowest BCUT2D eigenvalue weighted by atomic mass is 9.87. The fourth-order valence-corrected chi connectivity index (χ4v) is 5.72. The van der Waals surface area contributed by atoms with E-state index in [4.69, 9.17) is 9.47 Å². The Morgan fingerprint density at radius 2 is 1.65 bits per heavy atom. The van der Waals surface area contributed by atoms with Gasteiger partial charge in [0.25, 0.3) is 0 Å². The number of carbonyl (C=O) groups is 5. The van der Waals surface area contributed by atoms with Crippen LogP contribution in [0.2, 0.25) is 0 Å². The van der Waals surface area contributed by atoms with E-state index in [2.05, 4.69) is 16.0 Å². The summed E-state index contributed by atoms with van der Waals surface area (Å²) in [6, 6.07) is -1.54. The summed E-state index contributed by atoms with van der Waals surface area (Å²) in [4.78, 5) is 65.0. The van der Waals surface area contributed by atoms with Crippen molar-refractivity contribution in [2.75, 3.05) is 20.2 Å². The van der Waals surface area contributed by atoms with Gasteiger partial charge in [0.2, 0.25) is 11.8 Å². The minimum absolute atomic E-state index is 0.0970. The number of likely N-dealkylation sites (tertiary alicyclic amines) is 1. The van der Waals surface area contributed by atoms with Crippen LogP contribution in [-0.2, 0) is 35.1 Å². The highest BCUT2D eigenvalue weighted by Crippen LogP contribution is 2.25. The molecule has 0 aromatic heterocycles. The Morgan fingerprint density at radius 3 is 2.28 bits per heavy atom. The summed E-state index contributed by atoms with van der Waals surface area (Å²) in [5, 5.41) is 7.73. The fraction of sp³-hybridized carbons (Fsp3) is 0.633. The number of rotatable bonds is 12. The molecule has 1 saturated carbocycles. The van der Waals surface area contributed by atoms with Crippen LogP contribution >= 0.6 is 0 Å². The topological polar surface area (TPSA) is 143 Å². The van der Waals surface area contributed by atoms with Crippen LogP contribution in [0, 0.1) is 17.6 Å². The fourth-order valence-electron chi connectivity index (χ4n) is 5.72. The summed E-state index contributed by atoms with van der Waals surface area (Å²) in [5.74, 6) is -4.00. The SMILES string of the molecule is COC(=O)[C@@H](NC(=O)[C@H](Cc1cc(F)cc(F)c1)NC(=O)NCCC1CCCCC1)[C@@H](C)OC(=O)C1CCCN1C(C)=O. The van der Waals surface area contributed by atoms with E-state index in [0.29, 0.717) is 37.9 Å². The summed E-state index contributed by atoms with van der Waals surface area (Å²) in [6.45, 7) is 3.51. The van der Waals surface area contributed by atoms with E-state index in [-0.39, 0.29) is 17.9 Å². The predicted octanol–water partition coefficient (Wildman–Crippen LogP) is 2.75. The summed E-state index contributed by atoms with van der Waals surface area (Å²) < 4.78 is 38.1. The first-order chi connectivity index (χ1) is 20.5. The van der Waals surface area contributed by atoms with Crippen molar-refractivity contribution in [1.29, 1.82) is 0 Å². The summed E-state index contributed by atoms with van der Waals surface area (Å²) in [6.07, 6.45) is 6.02. The van der Waals surface area contributed by atoms with Gasteiger partial charge in [-0.3, -0.25) is 9.59 Å². The molecule has 1 aliphatic heterocycles. The molecule has 11 nitrogen and oxygen atoms in total. The molecule has 238 valence electrons. The van der Waals surface area contributed by atoms with E-state index >= 15 is 0 Å². The lowest BCUT2D eigenvalue weighted by molar-refractivity contribution is -0.163. The van der Waals surface area contributed by atoms with Crippen molar-refractivity contribution in [3.8, 4) is 0 Å². The van der Waals surface area contributed by atoms with Crippen molar-refractivity contribution in [1.82, 2.24) is 20.9 Å². The summed E-state index contributed by atoms with van der Waals surface area (Å²) in [7, 11) is 1.09. The Balaban J connectivity index is 1.70. The zero-order valence-electron chi connectivity index (χ0n) is 25.0. The number of carbonyl (C=O) groups excluding carboxylic acids is 5. The second-order valence-corrected chi connectivity index (χ2v) is 11.2. The average molecular weight is 609 g/mol. The Morgan fingerprint density at radius 1 is 0.977 bits per heavy atom. The van der Waals surface area contributed by atoms with Crippen LogP contribution in [-0.4, -0.2) is 79.1 Å². The van der Waals surface area contributed by atoms with Gasteiger partial charge in [-0.1, -0.05) is 32.1 Å². The van der Waals surface area contributed by atoms with Gasteiger partial charge in [0, 0.05) is 32.5 Å². The van der Waals surface area contributed by atoms with Gasteiger partial charge in [0.05, 0.1) is 7.11 Å². The van der Waals surface area contributed by atoms with Crippen molar-refractivity contribution in [3.63, 3.8) is 0 Å². The molecule has 0 spiro atoms. The molecule has 1 heterocycles. The molecule has 2 fully saturated rings. The Labute approximate surface area is 250 Å². The normalized spacial score (nSPS) is 19.1. The molecule has 1 saturated heterocycles. The lowest BCUT2D eigenvalue weighted by Gasteiger charge is -2.28. The predicted molar refractivity (Wildman–Crippen MR) is 151 cm³/mol. The third-order valence-corrected chi connectivity index (χ3v) is 8.00. The van der Waals surface area contributed by atoms with E-state index < -0.39 is 59.7 Å². The lowest BCUT2D eigenvalue weighted by Crippen LogP contribution is -2.57. The molecule has 43 heavy (non-hydrogen) atoms. The summed E-state index contributed by atoms with van der Waals surface area (Å²) in [5.41, 5.74) is 0.0970.